The van der Waals surface area contributed by atoms with E-state index in [1.54, 1.807) is 48.4 Å². The molecule has 8 nitrogen and oxygen atoms in total. The number of carbonyl (C=O) groups is 1. The minimum atomic E-state index is -3.97. The van der Waals surface area contributed by atoms with Gasteiger partial charge in [0.05, 0.1) is 40.0 Å². The fourth-order valence-electron chi connectivity index (χ4n) is 6.17. The molecule has 1 saturated heterocycles. The Morgan fingerprint density at radius 2 is 1.45 bits per heavy atom. The van der Waals surface area contributed by atoms with E-state index in [0.29, 0.717) is 65.4 Å². The Morgan fingerprint density at radius 3 is 2.06 bits per heavy atom. The van der Waals surface area contributed by atoms with Crippen molar-refractivity contribution >= 4 is 62.2 Å². The third-order valence-electron chi connectivity index (χ3n) is 8.75. The molecule has 0 unspecified atom stereocenters. The number of carbonyl (C=O) groups excluding carboxylic acids is 1. The van der Waals surface area contributed by atoms with E-state index in [9.17, 15) is 13.2 Å². The van der Waals surface area contributed by atoms with E-state index in [4.69, 9.17) is 39.5 Å². The average Bonchev–Trinajstić information content (AvgIpc) is 3.06. The Morgan fingerprint density at radius 1 is 0.809 bits per heavy atom. The van der Waals surface area contributed by atoms with E-state index in [-0.39, 0.29) is 33.7 Å². The maximum absolute atomic E-state index is 14.5. The normalized spacial score (nSPS) is 16.1. The molecule has 2 aliphatic rings. The predicted molar refractivity (Wildman–Crippen MR) is 189 cm³/mol. The molecular formula is C35H35Cl3N4O4S. The number of hydrogen-bond donors (Lipinski definition) is 0. The second-order valence-corrected chi connectivity index (χ2v) is 15.0. The summed E-state index contributed by atoms with van der Waals surface area (Å²) in [6, 6.07) is 23.0. The molecule has 0 bridgehead atoms. The van der Waals surface area contributed by atoms with Crippen molar-refractivity contribution in [2.24, 2.45) is 0 Å². The summed E-state index contributed by atoms with van der Waals surface area (Å²) in [6.45, 7) is 6.62. The van der Waals surface area contributed by atoms with Gasteiger partial charge in [-0.2, -0.15) is 4.31 Å². The van der Waals surface area contributed by atoms with Gasteiger partial charge in [-0.05, 0) is 67.4 Å². The van der Waals surface area contributed by atoms with Gasteiger partial charge in [0.1, 0.15) is 5.75 Å². The Kier molecular flexibility index (Phi) is 9.76. The lowest BCUT2D eigenvalue weighted by atomic mass is 9.95. The van der Waals surface area contributed by atoms with Crippen molar-refractivity contribution in [3.8, 4) is 16.9 Å². The number of halogens is 3. The van der Waals surface area contributed by atoms with Crippen LogP contribution < -0.4 is 9.64 Å². The molecule has 0 radical (unpaired) electrons. The fourth-order valence-corrected chi connectivity index (χ4v) is 8.44. The van der Waals surface area contributed by atoms with Gasteiger partial charge < -0.3 is 9.64 Å². The second-order valence-electron chi connectivity index (χ2n) is 11.9. The first kappa shape index (κ1) is 33.6. The molecule has 6 rings (SSSR count). The molecule has 47 heavy (non-hydrogen) atoms. The number of piperazine rings is 1. The van der Waals surface area contributed by atoms with Crippen LogP contribution in [0.2, 0.25) is 15.1 Å². The number of ether oxygens (including phenoxy) is 1. The van der Waals surface area contributed by atoms with Gasteiger partial charge in [-0.15, -0.1) is 0 Å². The highest BCUT2D eigenvalue weighted by atomic mass is 35.5. The summed E-state index contributed by atoms with van der Waals surface area (Å²) in [5.41, 5.74) is 3.50. The monoisotopic (exact) mass is 712 g/mol. The number of benzene rings is 4. The molecule has 0 N–H and O–H groups in total. The number of anilines is 2. The predicted octanol–water partition coefficient (Wildman–Crippen LogP) is 8.31. The van der Waals surface area contributed by atoms with Crippen LogP contribution in [0.25, 0.3) is 11.1 Å². The van der Waals surface area contributed by atoms with Gasteiger partial charge in [-0.3, -0.25) is 9.80 Å². The molecule has 1 fully saturated rings. The number of fused-ring (bicyclic) bond motifs is 1. The van der Waals surface area contributed by atoms with E-state index < -0.39 is 16.1 Å². The zero-order valence-electron chi connectivity index (χ0n) is 26.3. The van der Waals surface area contributed by atoms with Gasteiger partial charge in [0, 0.05) is 54.9 Å². The number of nitrogens with zero attached hydrogens (tertiary/aromatic N) is 4. The average molecular weight is 714 g/mol. The summed E-state index contributed by atoms with van der Waals surface area (Å²) in [7, 11) is -2.37. The van der Waals surface area contributed by atoms with Crippen LogP contribution in [0.5, 0.6) is 5.75 Å². The number of rotatable bonds is 8. The smallest absolute Gasteiger partial charge is 0.329 e. The van der Waals surface area contributed by atoms with Crippen molar-refractivity contribution in [1.29, 1.82) is 0 Å². The van der Waals surface area contributed by atoms with Crippen LogP contribution in [0.4, 0.5) is 16.2 Å². The number of hydrogen-bond acceptors (Lipinski definition) is 5. The number of para-hydroxylation sites is 1. The van der Waals surface area contributed by atoms with Gasteiger partial charge in [0.15, 0.2) is 0 Å². The molecule has 0 aromatic heterocycles. The van der Waals surface area contributed by atoms with Crippen molar-refractivity contribution in [1.82, 2.24) is 14.1 Å². The first-order chi connectivity index (χ1) is 22.5. The SMILES string of the molecule is COc1ccc(CN2Cc3c(-c4ccccc4Cl)cc(S(=O)(=O)N4CCN(C(C)C)CC4)cc3N(c3c(Cl)cccc3Cl)C2=O)cc1. The van der Waals surface area contributed by atoms with E-state index >= 15 is 0 Å². The Labute approximate surface area is 291 Å². The van der Waals surface area contributed by atoms with Crippen LogP contribution in [-0.2, 0) is 23.1 Å². The lowest BCUT2D eigenvalue weighted by Gasteiger charge is -2.40. The highest BCUT2D eigenvalue weighted by molar-refractivity contribution is 7.89. The van der Waals surface area contributed by atoms with Gasteiger partial charge >= 0.3 is 6.03 Å². The highest BCUT2D eigenvalue weighted by Crippen LogP contribution is 2.47. The molecule has 4 aromatic carbocycles. The summed E-state index contributed by atoms with van der Waals surface area (Å²) in [4.78, 5) is 20.0. The number of sulfonamides is 1. The lowest BCUT2D eigenvalue weighted by Crippen LogP contribution is -2.50. The maximum atomic E-state index is 14.5. The summed E-state index contributed by atoms with van der Waals surface area (Å²) >= 11 is 20.3. The topological polar surface area (TPSA) is 73.4 Å². The molecule has 2 amide bonds. The summed E-state index contributed by atoms with van der Waals surface area (Å²) in [6.07, 6.45) is 0. The lowest BCUT2D eigenvalue weighted by molar-refractivity contribution is 0.154. The zero-order chi connectivity index (χ0) is 33.5. The molecule has 0 atom stereocenters. The van der Waals surface area contributed by atoms with Crippen LogP contribution in [0.1, 0.15) is 25.0 Å². The second kappa shape index (κ2) is 13.7. The number of amides is 2. The van der Waals surface area contributed by atoms with Crippen molar-refractivity contribution in [2.45, 2.75) is 37.9 Å². The first-order valence-electron chi connectivity index (χ1n) is 15.3. The molecular weight excluding hydrogens is 679 g/mol. The van der Waals surface area contributed by atoms with Crippen LogP contribution in [0, 0.1) is 0 Å². The van der Waals surface area contributed by atoms with E-state index in [1.807, 2.05) is 42.5 Å². The number of urea groups is 1. The molecule has 2 aliphatic heterocycles. The Balaban J connectivity index is 1.55. The van der Waals surface area contributed by atoms with Gasteiger partial charge in [0.2, 0.25) is 10.0 Å². The van der Waals surface area contributed by atoms with E-state index in [0.717, 1.165) is 5.56 Å². The van der Waals surface area contributed by atoms with Crippen LogP contribution >= 0.6 is 34.8 Å². The van der Waals surface area contributed by atoms with E-state index in [2.05, 4.69) is 18.7 Å². The van der Waals surface area contributed by atoms with E-state index in [1.165, 1.54) is 9.21 Å². The Hall–Kier alpha value is -3.31. The fraction of sp³-hybridized carbons (Fsp3) is 0.286. The van der Waals surface area contributed by atoms with Gasteiger partial charge in [-0.25, -0.2) is 13.2 Å². The minimum absolute atomic E-state index is 0.0637. The van der Waals surface area contributed by atoms with Crippen molar-refractivity contribution in [3.05, 3.63) is 105 Å². The number of methoxy groups -OCH3 is 1. The summed E-state index contributed by atoms with van der Waals surface area (Å²) in [5.74, 6) is 0.703. The molecule has 246 valence electrons. The van der Waals surface area contributed by atoms with Crippen LogP contribution in [0.15, 0.2) is 83.8 Å². The molecule has 4 aromatic rings. The first-order valence-corrected chi connectivity index (χ1v) is 17.9. The Bertz CT molecular complexity index is 1890. The van der Waals surface area contributed by atoms with Crippen LogP contribution in [0.3, 0.4) is 0 Å². The van der Waals surface area contributed by atoms with Gasteiger partial charge in [0.25, 0.3) is 0 Å². The highest BCUT2D eigenvalue weighted by Gasteiger charge is 2.38. The molecule has 0 spiro atoms. The quantitative estimate of drug-likeness (QED) is 0.184. The molecule has 0 saturated carbocycles. The molecule has 2 heterocycles. The van der Waals surface area contributed by atoms with Crippen LogP contribution in [-0.4, -0.2) is 67.9 Å². The minimum Gasteiger partial charge on any atom is -0.497 e. The van der Waals surface area contributed by atoms with Gasteiger partial charge in [-0.1, -0.05) is 71.2 Å². The third-order valence-corrected chi connectivity index (χ3v) is 11.6. The standard InChI is InChI=1S/C35H35Cl3N4O4S/c1-23(2)39-15-17-41(18-16-39)47(44,45)26-19-28(27-7-4-5-8-30(27)36)29-22-40(21-24-11-13-25(46-3)14-12-24)35(43)42(33(29)20-26)34-31(37)9-6-10-32(34)38/h4-14,19-20,23H,15-18,21-22H2,1-3H3. The largest absolute Gasteiger partial charge is 0.497 e. The zero-order valence-corrected chi connectivity index (χ0v) is 29.4. The maximum Gasteiger partial charge on any atom is 0.329 e. The summed E-state index contributed by atoms with van der Waals surface area (Å²) in [5, 5.41) is 0.955. The van der Waals surface area contributed by atoms with Crippen molar-refractivity contribution < 1.29 is 17.9 Å². The van der Waals surface area contributed by atoms with Crippen molar-refractivity contribution in [2.75, 3.05) is 38.2 Å². The third kappa shape index (κ3) is 6.57. The van der Waals surface area contributed by atoms with Crippen molar-refractivity contribution in [3.63, 3.8) is 0 Å². The molecule has 0 aliphatic carbocycles. The summed E-state index contributed by atoms with van der Waals surface area (Å²) < 4.78 is 35.5. The molecule has 12 heteroatoms.